The molecule has 0 aliphatic heterocycles. The fraction of sp³-hybridized carbons (Fsp3) is 0.615. The third kappa shape index (κ3) is 4.09. The van der Waals surface area contributed by atoms with E-state index < -0.39 is 11.7 Å². The molecule has 1 aromatic heterocycles. The highest BCUT2D eigenvalue weighted by Crippen LogP contribution is 2.31. The fourth-order valence-corrected chi connectivity index (χ4v) is 2.10. The summed E-state index contributed by atoms with van der Waals surface area (Å²) in [5.74, 6) is 0.342. The lowest BCUT2D eigenvalue weighted by atomic mass is 10.1. The van der Waals surface area contributed by atoms with Gasteiger partial charge in [-0.15, -0.1) is 0 Å². The molecular formula is C13H20F3N3. The van der Waals surface area contributed by atoms with Gasteiger partial charge in [0, 0.05) is 25.3 Å². The zero-order chi connectivity index (χ0) is 14.5. The van der Waals surface area contributed by atoms with Gasteiger partial charge < -0.3 is 10.6 Å². The Bertz CT molecular complexity index is 389. The van der Waals surface area contributed by atoms with Crippen LogP contribution >= 0.6 is 0 Å². The van der Waals surface area contributed by atoms with Gasteiger partial charge in [-0.1, -0.05) is 13.8 Å². The van der Waals surface area contributed by atoms with E-state index in [0.717, 1.165) is 25.0 Å². The molecule has 0 fully saturated rings. The third-order valence-corrected chi connectivity index (χ3v) is 3.12. The van der Waals surface area contributed by atoms with Crippen molar-refractivity contribution >= 4 is 5.82 Å². The zero-order valence-corrected chi connectivity index (χ0v) is 11.2. The van der Waals surface area contributed by atoms with E-state index in [4.69, 9.17) is 5.73 Å². The lowest BCUT2D eigenvalue weighted by Gasteiger charge is -2.31. The average Bonchev–Trinajstić information content (AvgIpc) is 2.38. The summed E-state index contributed by atoms with van der Waals surface area (Å²) in [6, 6.07) is 2.23. The Morgan fingerprint density at radius 3 is 2.42 bits per heavy atom. The molecule has 0 unspecified atom stereocenters. The van der Waals surface area contributed by atoms with Crippen molar-refractivity contribution in [1.82, 2.24) is 4.98 Å². The minimum Gasteiger partial charge on any atom is -0.352 e. The van der Waals surface area contributed by atoms with Crippen LogP contribution in [0.2, 0.25) is 0 Å². The Morgan fingerprint density at radius 1 is 1.32 bits per heavy atom. The monoisotopic (exact) mass is 275 g/mol. The van der Waals surface area contributed by atoms with Crippen LogP contribution in [0.1, 0.15) is 32.3 Å². The summed E-state index contributed by atoms with van der Waals surface area (Å²) >= 11 is 0. The number of rotatable bonds is 6. The van der Waals surface area contributed by atoms with Gasteiger partial charge >= 0.3 is 6.18 Å². The first-order valence-electron chi connectivity index (χ1n) is 6.44. The molecule has 0 saturated carbocycles. The first-order chi connectivity index (χ1) is 8.93. The van der Waals surface area contributed by atoms with E-state index >= 15 is 0 Å². The molecule has 6 heteroatoms. The highest BCUT2D eigenvalue weighted by Gasteiger charge is 2.31. The molecule has 2 N–H and O–H groups in total. The van der Waals surface area contributed by atoms with Crippen LogP contribution in [0.15, 0.2) is 18.3 Å². The molecular weight excluding hydrogens is 255 g/mol. The number of pyridine rings is 1. The average molecular weight is 275 g/mol. The number of hydrogen-bond acceptors (Lipinski definition) is 3. The maximum absolute atomic E-state index is 12.7. The Balaban J connectivity index is 3.09. The summed E-state index contributed by atoms with van der Waals surface area (Å²) in [4.78, 5) is 5.92. The lowest BCUT2D eigenvalue weighted by molar-refractivity contribution is -0.137. The van der Waals surface area contributed by atoms with Crippen LogP contribution < -0.4 is 10.6 Å². The molecule has 1 aromatic rings. The normalized spacial score (nSPS) is 11.9. The second-order valence-electron chi connectivity index (χ2n) is 4.35. The number of anilines is 1. The Morgan fingerprint density at radius 2 is 1.95 bits per heavy atom. The van der Waals surface area contributed by atoms with Crippen LogP contribution in [-0.2, 0) is 6.18 Å². The number of alkyl halides is 3. The number of halogens is 3. The molecule has 0 radical (unpaired) electrons. The summed E-state index contributed by atoms with van der Waals surface area (Å²) in [5, 5.41) is 0. The molecule has 108 valence electrons. The van der Waals surface area contributed by atoms with E-state index in [1.54, 1.807) is 0 Å². The van der Waals surface area contributed by atoms with E-state index in [1.165, 1.54) is 6.20 Å². The van der Waals surface area contributed by atoms with Crippen molar-refractivity contribution < 1.29 is 13.2 Å². The zero-order valence-electron chi connectivity index (χ0n) is 11.2. The molecule has 0 bridgehead atoms. The molecule has 0 saturated heterocycles. The van der Waals surface area contributed by atoms with Crippen molar-refractivity contribution in [1.29, 1.82) is 0 Å². The topological polar surface area (TPSA) is 42.1 Å². The standard InChI is InChI=1S/C13H20F3N3/c1-3-11(4-2)19(8-6-17)12-9-10(5-7-18-12)13(14,15)16/h5,7,9,11H,3-4,6,8,17H2,1-2H3. The minimum atomic E-state index is -4.35. The van der Waals surface area contributed by atoms with Gasteiger partial charge in [0.2, 0.25) is 0 Å². The third-order valence-electron chi connectivity index (χ3n) is 3.12. The van der Waals surface area contributed by atoms with E-state index in [-0.39, 0.29) is 6.04 Å². The van der Waals surface area contributed by atoms with E-state index in [9.17, 15) is 13.2 Å². The Kier molecular flexibility index (Phi) is 5.60. The molecule has 0 atom stereocenters. The molecule has 0 aliphatic rings. The van der Waals surface area contributed by atoms with Crippen molar-refractivity contribution in [2.75, 3.05) is 18.0 Å². The molecule has 3 nitrogen and oxygen atoms in total. The van der Waals surface area contributed by atoms with Crippen LogP contribution in [0.3, 0.4) is 0 Å². The summed E-state index contributed by atoms with van der Waals surface area (Å²) in [7, 11) is 0. The van der Waals surface area contributed by atoms with Crippen LogP contribution in [0.5, 0.6) is 0 Å². The second kappa shape index (κ2) is 6.75. The van der Waals surface area contributed by atoms with E-state index in [0.29, 0.717) is 18.9 Å². The van der Waals surface area contributed by atoms with Gasteiger partial charge in [0.25, 0.3) is 0 Å². The molecule has 0 amide bonds. The van der Waals surface area contributed by atoms with Gasteiger partial charge in [-0.05, 0) is 25.0 Å². The van der Waals surface area contributed by atoms with Crippen LogP contribution in [0.25, 0.3) is 0 Å². The number of hydrogen-bond donors (Lipinski definition) is 1. The van der Waals surface area contributed by atoms with Crippen LogP contribution in [0, 0.1) is 0 Å². The van der Waals surface area contributed by atoms with E-state index in [2.05, 4.69) is 4.98 Å². The first kappa shape index (κ1) is 15.8. The van der Waals surface area contributed by atoms with Gasteiger partial charge in [0.15, 0.2) is 0 Å². The number of nitrogens with zero attached hydrogens (tertiary/aromatic N) is 2. The van der Waals surface area contributed by atoms with Gasteiger partial charge in [0.1, 0.15) is 5.82 Å². The predicted octanol–water partition coefficient (Wildman–Crippen LogP) is 3.05. The van der Waals surface area contributed by atoms with Crippen molar-refractivity contribution in [2.45, 2.75) is 38.9 Å². The predicted molar refractivity (Wildman–Crippen MR) is 70.0 cm³/mol. The smallest absolute Gasteiger partial charge is 0.352 e. The van der Waals surface area contributed by atoms with Gasteiger partial charge in [-0.2, -0.15) is 13.2 Å². The van der Waals surface area contributed by atoms with Gasteiger partial charge in [0.05, 0.1) is 5.56 Å². The summed E-state index contributed by atoms with van der Waals surface area (Å²) < 4.78 is 38.1. The van der Waals surface area contributed by atoms with Crippen molar-refractivity contribution in [2.24, 2.45) is 5.73 Å². The Labute approximate surface area is 111 Å². The van der Waals surface area contributed by atoms with Gasteiger partial charge in [-0.3, -0.25) is 0 Å². The Hall–Kier alpha value is -1.30. The molecule has 1 heterocycles. The van der Waals surface area contributed by atoms with Gasteiger partial charge in [-0.25, -0.2) is 4.98 Å². The SMILES string of the molecule is CCC(CC)N(CCN)c1cc(C(F)(F)F)ccn1. The highest BCUT2D eigenvalue weighted by molar-refractivity contribution is 5.43. The van der Waals surface area contributed by atoms with Crippen LogP contribution in [-0.4, -0.2) is 24.1 Å². The molecule has 19 heavy (non-hydrogen) atoms. The number of nitrogens with two attached hydrogens (primary N) is 1. The van der Waals surface area contributed by atoms with Crippen molar-refractivity contribution in [3.8, 4) is 0 Å². The molecule has 0 aliphatic carbocycles. The largest absolute Gasteiger partial charge is 0.416 e. The lowest BCUT2D eigenvalue weighted by Crippen LogP contribution is -2.39. The minimum absolute atomic E-state index is 0.152. The molecule has 0 aromatic carbocycles. The molecule has 1 rings (SSSR count). The maximum Gasteiger partial charge on any atom is 0.416 e. The summed E-state index contributed by atoms with van der Waals surface area (Å²) in [6.07, 6.45) is -1.47. The van der Waals surface area contributed by atoms with Crippen molar-refractivity contribution in [3.05, 3.63) is 23.9 Å². The maximum atomic E-state index is 12.7. The second-order valence-corrected chi connectivity index (χ2v) is 4.35. The quantitative estimate of drug-likeness (QED) is 0.867. The highest BCUT2D eigenvalue weighted by atomic mass is 19.4. The summed E-state index contributed by atoms with van der Waals surface area (Å²) in [5.41, 5.74) is 4.87. The first-order valence-corrected chi connectivity index (χ1v) is 6.44. The summed E-state index contributed by atoms with van der Waals surface area (Å²) in [6.45, 7) is 4.89. The van der Waals surface area contributed by atoms with Crippen LogP contribution in [0.4, 0.5) is 19.0 Å². The van der Waals surface area contributed by atoms with Crippen molar-refractivity contribution in [3.63, 3.8) is 0 Å². The number of aromatic nitrogens is 1. The fourth-order valence-electron chi connectivity index (χ4n) is 2.10. The van der Waals surface area contributed by atoms with E-state index in [1.807, 2.05) is 18.7 Å². The molecule has 0 spiro atoms.